The van der Waals surface area contributed by atoms with Gasteiger partial charge in [-0.15, -0.1) is 0 Å². The molecule has 1 atom stereocenters. The fourth-order valence-electron chi connectivity index (χ4n) is 2.19. The monoisotopic (exact) mass is 298 g/mol. The fourth-order valence-corrected chi connectivity index (χ4v) is 2.76. The number of benzene rings is 1. The van der Waals surface area contributed by atoms with Crippen LogP contribution in [0, 0.1) is 13.8 Å². The highest BCUT2D eigenvalue weighted by molar-refractivity contribution is 6.35. The normalized spacial score (nSPS) is 12.7. The predicted molar refractivity (Wildman–Crippen MR) is 77.9 cm³/mol. The lowest BCUT2D eigenvalue weighted by molar-refractivity contribution is 0.392. The smallest absolute Gasteiger partial charge is 0.137 e. The van der Waals surface area contributed by atoms with Crippen LogP contribution in [0.15, 0.2) is 22.7 Å². The number of nitrogens with two attached hydrogens (primary N) is 1. The zero-order valence-electron chi connectivity index (χ0n) is 10.9. The minimum atomic E-state index is 0.126. The summed E-state index contributed by atoms with van der Waals surface area (Å²) in [5.74, 6) is 0.961. The molecule has 2 rings (SSSR count). The van der Waals surface area contributed by atoms with Crippen LogP contribution in [-0.2, 0) is 6.42 Å². The van der Waals surface area contributed by atoms with Crippen molar-refractivity contribution in [3.8, 4) is 0 Å². The van der Waals surface area contributed by atoms with Crippen LogP contribution in [0.4, 0.5) is 0 Å². The second kappa shape index (κ2) is 5.95. The van der Waals surface area contributed by atoms with Crippen molar-refractivity contribution >= 4 is 23.2 Å². The minimum Gasteiger partial charge on any atom is -0.361 e. The zero-order chi connectivity index (χ0) is 14.0. The van der Waals surface area contributed by atoms with Crippen molar-refractivity contribution in [2.45, 2.75) is 26.2 Å². The van der Waals surface area contributed by atoms with E-state index in [0.717, 1.165) is 29.0 Å². The minimum absolute atomic E-state index is 0.126. The van der Waals surface area contributed by atoms with E-state index in [2.05, 4.69) is 5.16 Å². The van der Waals surface area contributed by atoms with Crippen molar-refractivity contribution in [3.63, 3.8) is 0 Å². The van der Waals surface area contributed by atoms with E-state index >= 15 is 0 Å². The summed E-state index contributed by atoms with van der Waals surface area (Å²) in [5, 5.41) is 5.24. The molecule has 0 bridgehead atoms. The summed E-state index contributed by atoms with van der Waals surface area (Å²) in [6.45, 7) is 4.35. The molecule has 3 nitrogen and oxygen atoms in total. The Morgan fingerprint density at radius 2 is 2.05 bits per heavy atom. The van der Waals surface area contributed by atoms with Crippen molar-refractivity contribution < 1.29 is 4.52 Å². The molecular formula is C14H16Cl2N2O. The van der Waals surface area contributed by atoms with Crippen LogP contribution in [0.3, 0.4) is 0 Å². The van der Waals surface area contributed by atoms with Gasteiger partial charge in [0.25, 0.3) is 0 Å². The molecule has 0 aliphatic heterocycles. The van der Waals surface area contributed by atoms with E-state index in [4.69, 9.17) is 33.5 Å². The molecule has 1 aromatic heterocycles. The van der Waals surface area contributed by atoms with E-state index in [9.17, 15) is 0 Å². The molecule has 5 heteroatoms. The Morgan fingerprint density at radius 3 is 2.58 bits per heavy atom. The van der Waals surface area contributed by atoms with Gasteiger partial charge in [-0.25, -0.2) is 0 Å². The summed E-state index contributed by atoms with van der Waals surface area (Å²) in [4.78, 5) is 0. The maximum atomic E-state index is 6.24. The highest BCUT2D eigenvalue weighted by Crippen LogP contribution is 2.30. The Kier molecular flexibility index (Phi) is 4.50. The van der Waals surface area contributed by atoms with Gasteiger partial charge in [-0.1, -0.05) is 34.4 Å². The number of hydrogen-bond acceptors (Lipinski definition) is 3. The fraction of sp³-hybridized carbons (Fsp3) is 0.357. The molecule has 1 heterocycles. The van der Waals surface area contributed by atoms with Crippen LogP contribution < -0.4 is 5.73 Å². The van der Waals surface area contributed by atoms with Crippen molar-refractivity contribution in [1.29, 1.82) is 0 Å². The highest BCUT2D eigenvalue weighted by Gasteiger charge is 2.18. The van der Waals surface area contributed by atoms with E-state index in [1.807, 2.05) is 26.0 Å². The third-order valence-corrected chi connectivity index (χ3v) is 3.88. The summed E-state index contributed by atoms with van der Waals surface area (Å²) in [6, 6.07) is 5.51. The second-order valence-corrected chi connectivity index (χ2v) is 5.45. The largest absolute Gasteiger partial charge is 0.361 e. The van der Waals surface area contributed by atoms with E-state index in [0.29, 0.717) is 16.6 Å². The first-order chi connectivity index (χ1) is 9.02. The Balaban J connectivity index is 2.30. The van der Waals surface area contributed by atoms with Crippen molar-refractivity contribution in [1.82, 2.24) is 5.16 Å². The Morgan fingerprint density at radius 1 is 1.32 bits per heavy atom. The molecule has 0 amide bonds. The van der Waals surface area contributed by atoms with Crippen LogP contribution in [-0.4, -0.2) is 11.7 Å². The van der Waals surface area contributed by atoms with Crippen LogP contribution in [0.1, 0.15) is 28.5 Å². The lowest BCUT2D eigenvalue weighted by atomic mass is 9.91. The molecule has 19 heavy (non-hydrogen) atoms. The van der Waals surface area contributed by atoms with Gasteiger partial charge in [-0.3, -0.25) is 0 Å². The quantitative estimate of drug-likeness (QED) is 0.932. The first-order valence-electron chi connectivity index (χ1n) is 6.09. The lowest BCUT2D eigenvalue weighted by Gasteiger charge is -2.16. The molecule has 0 aliphatic rings. The van der Waals surface area contributed by atoms with Gasteiger partial charge < -0.3 is 10.3 Å². The molecule has 0 spiro atoms. The van der Waals surface area contributed by atoms with E-state index in [1.165, 1.54) is 0 Å². The Bertz CT molecular complexity index is 561. The van der Waals surface area contributed by atoms with Gasteiger partial charge in [0, 0.05) is 21.5 Å². The Hall–Kier alpha value is -1.03. The van der Waals surface area contributed by atoms with E-state index < -0.39 is 0 Å². The molecule has 2 aromatic rings. The van der Waals surface area contributed by atoms with Crippen LogP contribution in [0.25, 0.3) is 0 Å². The molecule has 0 aliphatic carbocycles. The molecular weight excluding hydrogens is 283 g/mol. The predicted octanol–water partition coefficient (Wildman–Crippen LogP) is 3.88. The molecule has 0 saturated carbocycles. The van der Waals surface area contributed by atoms with Gasteiger partial charge in [0.2, 0.25) is 0 Å². The number of aromatic nitrogens is 1. The number of nitrogens with zero attached hydrogens (tertiary/aromatic N) is 1. The average Bonchev–Trinajstić information content (AvgIpc) is 2.68. The maximum Gasteiger partial charge on any atom is 0.137 e. The highest BCUT2D eigenvalue weighted by atomic mass is 35.5. The maximum absolute atomic E-state index is 6.24. The zero-order valence-corrected chi connectivity index (χ0v) is 12.4. The van der Waals surface area contributed by atoms with Crippen molar-refractivity contribution in [3.05, 3.63) is 50.8 Å². The van der Waals surface area contributed by atoms with Crippen LogP contribution in [0.2, 0.25) is 10.0 Å². The van der Waals surface area contributed by atoms with E-state index in [1.54, 1.807) is 6.07 Å². The van der Waals surface area contributed by atoms with Gasteiger partial charge in [0.1, 0.15) is 5.76 Å². The van der Waals surface area contributed by atoms with Crippen LogP contribution >= 0.6 is 23.2 Å². The molecule has 1 aromatic carbocycles. The summed E-state index contributed by atoms with van der Waals surface area (Å²) in [5.41, 5.74) is 8.90. The number of aryl methyl sites for hydroxylation is 2. The van der Waals surface area contributed by atoms with Gasteiger partial charge in [0.05, 0.1) is 5.69 Å². The van der Waals surface area contributed by atoms with Gasteiger partial charge in [0.15, 0.2) is 0 Å². The van der Waals surface area contributed by atoms with Crippen LogP contribution in [0.5, 0.6) is 0 Å². The second-order valence-electron chi connectivity index (χ2n) is 4.61. The Labute approximate surface area is 122 Å². The standard InChI is InChI=1S/C14H16Cl2N2O/c1-8-13(9(2)19-18-8)5-10(7-17)12-4-3-11(15)6-14(12)16/h3-4,6,10H,5,7,17H2,1-2H3. The molecule has 0 saturated heterocycles. The van der Waals surface area contributed by atoms with E-state index in [-0.39, 0.29) is 5.92 Å². The molecule has 0 radical (unpaired) electrons. The van der Waals surface area contributed by atoms with Gasteiger partial charge >= 0.3 is 0 Å². The number of halogens is 2. The SMILES string of the molecule is Cc1noc(C)c1CC(CN)c1ccc(Cl)cc1Cl. The third-order valence-electron chi connectivity index (χ3n) is 3.32. The summed E-state index contributed by atoms with van der Waals surface area (Å²) in [6.07, 6.45) is 0.763. The average molecular weight is 299 g/mol. The molecule has 102 valence electrons. The number of rotatable bonds is 4. The van der Waals surface area contributed by atoms with Gasteiger partial charge in [-0.05, 0) is 44.5 Å². The van der Waals surface area contributed by atoms with Gasteiger partial charge in [-0.2, -0.15) is 0 Å². The summed E-state index contributed by atoms with van der Waals surface area (Å²) >= 11 is 12.2. The first-order valence-corrected chi connectivity index (χ1v) is 6.85. The molecule has 1 unspecified atom stereocenters. The first kappa shape index (κ1) is 14.4. The summed E-state index contributed by atoms with van der Waals surface area (Å²) in [7, 11) is 0. The molecule has 0 fully saturated rings. The van der Waals surface area contributed by atoms with Crippen molar-refractivity contribution in [2.24, 2.45) is 5.73 Å². The molecule has 2 N–H and O–H groups in total. The summed E-state index contributed by atoms with van der Waals surface area (Å²) < 4.78 is 5.18. The lowest BCUT2D eigenvalue weighted by Crippen LogP contribution is -2.16. The number of hydrogen-bond donors (Lipinski definition) is 1. The third kappa shape index (κ3) is 3.11. The van der Waals surface area contributed by atoms with Crippen molar-refractivity contribution in [2.75, 3.05) is 6.54 Å². The topological polar surface area (TPSA) is 52.0 Å².